The van der Waals surface area contributed by atoms with E-state index in [1.165, 1.54) is 93.5 Å². The molecule has 0 unspecified atom stereocenters. The molecule has 2 nitrogen and oxygen atoms in total. The van der Waals surface area contributed by atoms with Crippen LogP contribution in [0.25, 0.3) is 71.3 Å². The van der Waals surface area contributed by atoms with Crippen molar-refractivity contribution in [2.24, 2.45) is 0 Å². The first-order valence-corrected chi connectivity index (χ1v) is 22.5. The molecule has 0 saturated carbocycles. The molecule has 11 aromatic carbocycles. The Morgan fingerprint density at radius 2 is 0.846 bits per heavy atom. The average molecular weight is 827 g/mol. The highest BCUT2D eigenvalue weighted by molar-refractivity contribution is 6.11. The van der Waals surface area contributed by atoms with Crippen molar-refractivity contribution in [3.63, 3.8) is 0 Å². The van der Waals surface area contributed by atoms with E-state index in [-0.39, 0.29) is 0 Å². The van der Waals surface area contributed by atoms with Crippen LogP contribution in [0.2, 0.25) is 0 Å². The van der Waals surface area contributed by atoms with Crippen LogP contribution in [0.3, 0.4) is 0 Å². The number of para-hydroxylation sites is 1. The second kappa shape index (κ2) is 14.8. The molecule has 304 valence electrons. The minimum Gasteiger partial charge on any atom is -0.310 e. The van der Waals surface area contributed by atoms with E-state index in [1.54, 1.807) is 0 Å². The number of hydrogen-bond acceptors (Lipinski definition) is 1. The van der Waals surface area contributed by atoms with Crippen LogP contribution in [0.4, 0.5) is 17.1 Å². The Kier molecular flexibility index (Phi) is 8.47. The van der Waals surface area contributed by atoms with Crippen LogP contribution < -0.4 is 4.90 Å². The SMILES string of the molecule is c1ccc(C2(c3ccccc3)c3ccccc3-c3ccc(N(c4ccc(-c5ccc6c(c5)c5ccccc5n6-c5ccc6ccccc6c5)cc4)c4ccc5ccccc5c4)cc32)cc1. The summed E-state index contributed by atoms with van der Waals surface area (Å²) in [6.07, 6.45) is 0. The fraction of sp³-hybridized carbons (Fsp3) is 0.0159. The summed E-state index contributed by atoms with van der Waals surface area (Å²) < 4.78 is 2.41. The molecular formula is C63H42N2. The van der Waals surface area contributed by atoms with Crippen LogP contribution in [0.5, 0.6) is 0 Å². The zero-order chi connectivity index (χ0) is 42.9. The highest BCUT2D eigenvalue weighted by Crippen LogP contribution is 2.57. The van der Waals surface area contributed by atoms with Gasteiger partial charge in [0, 0.05) is 33.5 Å². The zero-order valence-electron chi connectivity index (χ0n) is 35.6. The molecule has 0 spiro atoms. The van der Waals surface area contributed by atoms with E-state index >= 15 is 0 Å². The van der Waals surface area contributed by atoms with Gasteiger partial charge >= 0.3 is 0 Å². The van der Waals surface area contributed by atoms with Crippen molar-refractivity contribution < 1.29 is 0 Å². The second-order valence-electron chi connectivity index (χ2n) is 17.3. The highest BCUT2D eigenvalue weighted by atomic mass is 15.1. The van der Waals surface area contributed by atoms with Crippen molar-refractivity contribution in [1.82, 2.24) is 4.57 Å². The van der Waals surface area contributed by atoms with Gasteiger partial charge in [-0.3, -0.25) is 0 Å². The molecule has 1 aliphatic carbocycles. The number of nitrogens with zero attached hydrogens (tertiary/aromatic N) is 2. The van der Waals surface area contributed by atoms with Gasteiger partial charge in [0.1, 0.15) is 0 Å². The van der Waals surface area contributed by atoms with E-state index in [9.17, 15) is 0 Å². The Morgan fingerprint density at radius 1 is 0.308 bits per heavy atom. The Balaban J connectivity index is 0.963. The lowest BCUT2D eigenvalue weighted by Gasteiger charge is -2.35. The lowest BCUT2D eigenvalue weighted by molar-refractivity contribution is 0.768. The molecule has 0 radical (unpaired) electrons. The van der Waals surface area contributed by atoms with Crippen molar-refractivity contribution in [2.75, 3.05) is 4.90 Å². The number of hydrogen-bond donors (Lipinski definition) is 0. The van der Waals surface area contributed by atoms with E-state index in [1.807, 2.05) is 0 Å². The number of aromatic nitrogens is 1. The van der Waals surface area contributed by atoms with Crippen LogP contribution in [0.15, 0.2) is 255 Å². The van der Waals surface area contributed by atoms with Gasteiger partial charge in [-0.05, 0) is 133 Å². The largest absolute Gasteiger partial charge is 0.310 e. The van der Waals surface area contributed by atoms with E-state index in [2.05, 4.69) is 264 Å². The van der Waals surface area contributed by atoms with Crippen molar-refractivity contribution in [2.45, 2.75) is 5.41 Å². The smallest absolute Gasteiger partial charge is 0.0714 e. The van der Waals surface area contributed by atoms with Gasteiger partial charge in [-0.15, -0.1) is 0 Å². The van der Waals surface area contributed by atoms with Crippen molar-refractivity contribution >= 4 is 60.4 Å². The zero-order valence-corrected chi connectivity index (χ0v) is 35.6. The Morgan fingerprint density at radius 3 is 1.60 bits per heavy atom. The molecule has 13 rings (SSSR count). The monoisotopic (exact) mass is 826 g/mol. The van der Waals surface area contributed by atoms with Gasteiger partial charge in [-0.1, -0.05) is 188 Å². The van der Waals surface area contributed by atoms with Gasteiger partial charge in [0.15, 0.2) is 0 Å². The predicted molar refractivity (Wildman–Crippen MR) is 273 cm³/mol. The summed E-state index contributed by atoms with van der Waals surface area (Å²) in [6, 6.07) is 93.9. The Hall–Kier alpha value is -8.46. The maximum absolute atomic E-state index is 2.46. The summed E-state index contributed by atoms with van der Waals surface area (Å²) in [5, 5.41) is 7.41. The summed E-state index contributed by atoms with van der Waals surface area (Å²) in [7, 11) is 0. The highest BCUT2D eigenvalue weighted by Gasteiger charge is 2.46. The molecule has 1 aromatic heterocycles. The van der Waals surface area contributed by atoms with Crippen molar-refractivity contribution in [3.05, 3.63) is 277 Å². The summed E-state index contributed by atoms with van der Waals surface area (Å²) in [5.41, 5.74) is 16.4. The molecule has 2 heteroatoms. The van der Waals surface area contributed by atoms with Crippen LogP contribution in [-0.4, -0.2) is 4.57 Å². The van der Waals surface area contributed by atoms with Crippen LogP contribution in [0, 0.1) is 0 Å². The summed E-state index contributed by atoms with van der Waals surface area (Å²) >= 11 is 0. The van der Waals surface area contributed by atoms with Crippen molar-refractivity contribution in [3.8, 4) is 27.9 Å². The number of rotatable bonds is 7. The van der Waals surface area contributed by atoms with Crippen molar-refractivity contribution in [1.29, 1.82) is 0 Å². The molecule has 12 aromatic rings. The Bertz CT molecular complexity index is 3730. The summed E-state index contributed by atoms with van der Waals surface area (Å²) in [6.45, 7) is 0. The topological polar surface area (TPSA) is 8.17 Å². The summed E-state index contributed by atoms with van der Waals surface area (Å²) in [4.78, 5) is 2.43. The fourth-order valence-electron chi connectivity index (χ4n) is 10.9. The van der Waals surface area contributed by atoms with E-state index < -0.39 is 5.41 Å². The van der Waals surface area contributed by atoms with Crippen LogP contribution >= 0.6 is 0 Å². The molecular weight excluding hydrogens is 785 g/mol. The standard InChI is InChI=1S/C63H42N2/c1-3-19-49(20-4-1)63(50-21-5-2-6-22-50)59-25-13-11-23-55(59)56-37-36-54(42-60(56)63)64(52-34-29-43-15-7-9-17-46(43)39-52)51-32-27-45(28-33-51)48-31-38-62-58(41-48)57-24-12-14-26-61(57)65(62)53-35-30-44-16-8-10-18-47(44)40-53/h1-42H. The third kappa shape index (κ3) is 5.81. The number of anilines is 3. The first kappa shape index (κ1) is 37.1. The minimum absolute atomic E-state index is 0.501. The maximum atomic E-state index is 2.46. The first-order valence-electron chi connectivity index (χ1n) is 22.5. The quantitative estimate of drug-likeness (QED) is 0.155. The van der Waals surface area contributed by atoms with Crippen LogP contribution in [0.1, 0.15) is 22.3 Å². The number of fused-ring (bicyclic) bond motifs is 8. The van der Waals surface area contributed by atoms with Gasteiger partial charge < -0.3 is 9.47 Å². The molecule has 1 heterocycles. The van der Waals surface area contributed by atoms with Gasteiger partial charge in [-0.2, -0.15) is 0 Å². The summed E-state index contributed by atoms with van der Waals surface area (Å²) in [5.74, 6) is 0. The predicted octanol–water partition coefficient (Wildman–Crippen LogP) is 16.6. The third-order valence-corrected chi connectivity index (χ3v) is 13.8. The lowest BCUT2D eigenvalue weighted by Crippen LogP contribution is -2.28. The average Bonchev–Trinajstić information content (AvgIpc) is 3.87. The van der Waals surface area contributed by atoms with Gasteiger partial charge in [0.2, 0.25) is 0 Å². The Labute approximate surface area is 378 Å². The van der Waals surface area contributed by atoms with Crippen LogP contribution in [-0.2, 0) is 5.41 Å². The molecule has 65 heavy (non-hydrogen) atoms. The van der Waals surface area contributed by atoms with E-state index in [4.69, 9.17) is 0 Å². The minimum atomic E-state index is -0.501. The van der Waals surface area contributed by atoms with E-state index in [0.29, 0.717) is 0 Å². The molecule has 0 atom stereocenters. The third-order valence-electron chi connectivity index (χ3n) is 13.8. The van der Waals surface area contributed by atoms with Gasteiger partial charge in [0.25, 0.3) is 0 Å². The molecule has 0 fully saturated rings. The normalized spacial score (nSPS) is 12.7. The molecule has 0 bridgehead atoms. The molecule has 0 N–H and O–H groups in total. The fourth-order valence-corrected chi connectivity index (χ4v) is 10.9. The lowest BCUT2D eigenvalue weighted by atomic mass is 9.67. The molecule has 0 aliphatic heterocycles. The van der Waals surface area contributed by atoms with Gasteiger partial charge in [0.05, 0.1) is 16.4 Å². The van der Waals surface area contributed by atoms with E-state index in [0.717, 1.165) is 17.1 Å². The molecule has 1 aliphatic rings. The molecule has 0 amide bonds. The maximum Gasteiger partial charge on any atom is 0.0714 e. The second-order valence-corrected chi connectivity index (χ2v) is 17.3. The molecule has 0 saturated heterocycles. The van der Waals surface area contributed by atoms with Gasteiger partial charge in [-0.25, -0.2) is 0 Å². The number of benzene rings is 11. The first-order chi connectivity index (χ1) is 32.2.